The van der Waals surface area contributed by atoms with Crippen LogP contribution in [0.3, 0.4) is 0 Å². The maximum absolute atomic E-state index is 11.4. The molecule has 0 spiro atoms. The Morgan fingerprint density at radius 1 is 1.32 bits per heavy atom. The Morgan fingerprint density at radius 2 is 2.00 bits per heavy atom. The van der Waals surface area contributed by atoms with E-state index in [4.69, 9.17) is 0 Å². The quantitative estimate of drug-likeness (QED) is 0.750. The van der Waals surface area contributed by atoms with Crippen LogP contribution in [-0.4, -0.2) is 43.5 Å². The van der Waals surface area contributed by atoms with Crippen molar-refractivity contribution in [1.82, 2.24) is 9.47 Å². The first-order valence-corrected chi connectivity index (χ1v) is 6.20. The number of carbonyl (C=O) groups is 1. The molecule has 6 heteroatoms. The van der Waals surface area contributed by atoms with Crippen LogP contribution >= 0.6 is 0 Å². The summed E-state index contributed by atoms with van der Waals surface area (Å²) in [7, 11) is 0. The molecule has 104 valence electrons. The van der Waals surface area contributed by atoms with Crippen molar-refractivity contribution >= 4 is 5.91 Å². The van der Waals surface area contributed by atoms with Gasteiger partial charge in [-0.05, 0) is 12.0 Å². The second-order valence-corrected chi connectivity index (χ2v) is 4.89. The number of hydrogen-bond acceptors (Lipinski definition) is 4. The fourth-order valence-electron chi connectivity index (χ4n) is 2.14. The van der Waals surface area contributed by atoms with Gasteiger partial charge in [-0.3, -0.25) is 9.36 Å². The van der Waals surface area contributed by atoms with E-state index in [1.165, 1.54) is 27.7 Å². The number of rotatable bonds is 4. The Kier molecular flexibility index (Phi) is 3.53. The van der Waals surface area contributed by atoms with Crippen LogP contribution in [0.5, 0.6) is 11.8 Å². The Labute approximate surface area is 111 Å². The zero-order valence-corrected chi connectivity index (χ0v) is 10.9. The minimum Gasteiger partial charge on any atom is -0.494 e. The molecule has 0 fully saturated rings. The van der Waals surface area contributed by atoms with Gasteiger partial charge < -0.3 is 20.2 Å². The Hall–Kier alpha value is -1.95. The normalized spacial score (nSPS) is 18.8. The summed E-state index contributed by atoms with van der Waals surface area (Å²) in [5.41, 5.74) is 0.656. The maximum atomic E-state index is 11.4. The van der Waals surface area contributed by atoms with Crippen molar-refractivity contribution in [2.75, 3.05) is 6.54 Å². The number of amides is 1. The highest BCUT2D eigenvalue weighted by atomic mass is 16.3. The predicted octanol–water partition coefficient (Wildman–Crippen LogP) is 0.739. The standard InChI is InChI=1S/C13H18N2O4/c1-8(2)9-7-12(18)15(13(9)19)6-5-14-10(16)3-4-11(14)17/h3-4,7-8,10,16,18-19H,5-6H2,1-2H3. The monoisotopic (exact) mass is 266 g/mol. The topological polar surface area (TPSA) is 85.9 Å². The highest BCUT2D eigenvalue weighted by Gasteiger charge is 2.24. The molecule has 1 aromatic heterocycles. The van der Waals surface area contributed by atoms with E-state index in [0.717, 1.165) is 0 Å². The van der Waals surface area contributed by atoms with Gasteiger partial charge in [-0.1, -0.05) is 13.8 Å². The molecule has 1 amide bonds. The molecule has 1 aliphatic rings. The summed E-state index contributed by atoms with van der Waals surface area (Å²) in [4.78, 5) is 12.7. The molecule has 2 rings (SSSR count). The molecule has 0 aliphatic carbocycles. The molecule has 19 heavy (non-hydrogen) atoms. The van der Waals surface area contributed by atoms with Crippen LogP contribution in [-0.2, 0) is 11.3 Å². The van der Waals surface area contributed by atoms with Crippen LogP contribution in [0.4, 0.5) is 0 Å². The van der Waals surface area contributed by atoms with Crippen molar-refractivity contribution in [1.29, 1.82) is 0 Å². The molecule has 0 bridgehead atoms. The molecule has 1 atom stereocenters. The third-order valence-corrected chi connectivity index (χ3v) is 3.27. The maximum Gasteiger partial charge on any atom is 0.248 e. The van der Waals surface area contributed by atoms with Gasteiger partial charge in [0, 0.05) is 30.8 Å². The first-order chi connectivity index (χ1) is 8.91. The predicted molar refractivity (Wildman–Crippen MR) is 68.7 cm³/mol. The summed E-state index contributed by atoms with van der Waals surface area (Å²) in [6.45, 7) is 4.25. The van der Waals surface area contributed by atoms with Crippen molar-refractivity contribution in [3.8, 4) is 11.8 Å². The van der Waals surface area contributed by atoms with Gasteiger partial charge in [-0.2, -0.15) is 0 Å². The summed E-state index contributed by atoms with van der Waals surface area (Å²) < 4.78 is 1.33. The van der Waals surface area contributed by atoms with E-state index >= 15 is 0 Å². The Bertz CT molecular complexity index is 519. The Morgan fingerprint density at radius 3 is 2.47 bits per heavy atom. The van der Waals surface area contributed by atoms with Crippen molar-refractivity contribution in [3.63, 3.8) is 0 Å². The van der Waals surface area contributed by atoms with E-state index in [9.17, 15) is 20.1 Å². The number of hydrogen-bond donors (Lipinski definition) is 3. The van der Waals surface area contributed by atoms with Gasteiger partial charge in [0.1, 0.15) is 6.23 Å². The SMILES string of the molecule is CC(C)c1cc(O)n(CCN2C(=O)C=CC2O)c1O. The van der Waals surface area contributed by atoms with Crippen LogP contribution < -0.4 is 0 Å². The van der Waals surface area contributed by atoms with Gasteiger partial charge in [0.2, 0.25) is 5.91 Å². The highest BCUT2D eigenvalue weighted by Crippen LogP contribution is 2.32. The third kappa shape index (κ3) is 2.44. The third-order valence-electron chi connectivity index (χ3n) is 3.27. The summed E-state index contributed by atoms with van der Waals surface area (Å²) in [6.07, 6.45) is 1.77. The Balaban J connectivity index is 2.10. The smallest absolute Gasteiger partial charge is 0.248 e. The highest BCUT2D eigenvalue weighted by molar-refractivity contribution is 5.90. The molecule has 1 aliphatic heterocycles. The van der Waals surface area contributed by atoms with E-state index in [-0.39, 0.29) is 36.7 Å². The molecular formula is C13H18N2O4. The fourth-order valence-corrected chi connectivity index (χ4v) is 2.14. The van der Waals surface area contributed by atoms with E-state index in [1.807, 2.05) is 13.8 Å². The summed E-state index contributed by atoms with van der Waals surface area (Å²) >= 11 is 0. The van der Waals surface area contributed by atoms with E-state index in [0.29, 0.717) is 5.56 Å². The number of aromatic hydroxyl groups is 2. The van der Waals surface area contributed by atoms with Crippen molar-refractivity contribution in [2.24, 2.45) is 0 Å². The average Bonchev–Trinajstić information content (AvgIpc) is 2.80. The first-order valence-electron chi connectivity index (χ1n) is 6.20. The lowest BCUT2D eigenvalue weighted by atomic mass is 10.1. The van der Waals surface area contributed by atoms with E-state index < -0.39 is 6.23 Å². The van der Waals surface area contributed by atoms with Crippen LogP contribution in [0.15, 0.2) is 18.2 Å². The van der Waals surface area contributed by atoms with Crippen molar-refractivity contribution < 1.29 is 20.1 Å². The summed E-state index contributed by atoms with van der Waals surface area (Å²) in [5, 5.41) is 29.3. The second kappa shape index (κ2) is 4.97. The summed E-state index contributed by atoms with van der Waals surface area (Å²) in [5.74, 6) is -0.229. The fraction of sp³-hybridized carbons (Fsp3) is 0.462. The molecule has 0 radical (unpaired) electrons. The molecule has 0 saturated heterocycles. The van der Waals surface area contributed by atoms with Crippen LogP contribution in [0, 0.1) is 0 Å². The number of carbonyl (C=O) groups excluding carboxylic acids is 1. The lowest BCUT2D eigenvalue weighted by Crippen LogP contribution is -2.36. The zero-order valence-electron chi connectivity index (χ0n) is 10.9. The van der Waals surface area contributed by atoms with Gasteiger partial charge in [-0.15, -0.1) is 0 Å². The lowest BCUT2D eigenvalue weighted by Gasteiger charge is -2.21. The molecule has 2 heterocycles. The van der Waals surface area contributed by atoms with Gasteiger partial charge >= 0.3 is 0 Å². The molecule has 6 nitrogen and oxygen atoms in total. The average molecular weight is 266 g/mol. The van der Waals surface area contributed by atoms with Gasteiger partial charge in [0.05, 0.1) is 0 Å². The van der Waals surface area contributed by atoms with Crippen LogP contribution in [0.2, 0.25) is 0 Å². The van der Waals surface area contributed by atoms with Crippen molar-refractivity contribution in [3.05, 3.63) is 23.8 Å². The van der Waals surface area contributed by atoms with Crippen LogP contribution in [0.25, 0.3) is 0 Å². The largest absolute Gasteiger partial charge is 0.494 e. The van der Waals surface area contributed by atoms with E-state index in [1.54, 1.807) is 0 Å². The van der Waals surface area contributed by atoms with E-state index in [2.05, 4.69) is 0 Å². The molecule has 1 unspecified atom stereocenters. The lowest BCUT2D eigenvalue weighted by molar-refractivity contribution is -0.130. The molecule has 0 saturated carbocycles. The number of aliphatic hydroxyl groups excluding tert-OH is 1. The molecule has 1 aromatic rings. The van der Waals surface area contributed by atoms with Crippen molar-refractivity contribution in [2.45, 2.75) is 32.5 Å². The molecular weight excluding hydrogens is 248 g/mol. The molecule has 3 N–H and O–H groups in total. The minimum atomic E-state index is -0.933. The van der Waals surface area contributed by atoms with Crippen LogP contribution in [0.1, 0.15) is 25.3 Å². The van der Waals surface area contributed by atoms with Gasteiger partial charge in [0.15, 0.2) is 11.8 Å². The minimum absolute atomic E-state index is 0.00148. The van der Waals surface area contributed by atoms with Gasteiger partial charge in [-0.25, -0.2) is 0 Å². The second-order valence-electron chi connectivity index (χ2n) is 4.89. The number of aromatic nitrogens is 1. The summed E-state index contributed by atoms with van der Waals surface area (Å²) in [6, 6.07) is 1.51. The van der Waals surface area contributed by atoms with Gasteiger partial charge in [0.25, 0.3) is 0 Å². The first kappa shape index (κ1) is 13.5. The molecule has 0 aromatic carbocycles. The number of nitrogens with zero attached hydrogens (tertiary/aromatic N) is 2. The zero-order chi connectivity index (χ0) is 14.2. The number of aliphatic hydroxyl groups is 1.